The predicted octanol–water partition coefficient (Wildman–Crippen LogP) is 4.59. The molecule has 0 saturated carbocycles. The van der Waals surface area contributed by atoms with Crippen LogP contribution in [0.2, 0.25) is 0 Å². The minimum absolute atomic E-state index is 0.137. The van der Waals surface area contributed by atoms with Crippen LogP contribution in [-0.4, -0.2) is 11.0 Å². The maximum atomic E-state index is 12.0. The Balaban J connectivity index is 1.91. The number of ether oxygens (including phenoxy) is 1. The molecule has 1 heterocycles. The van der Waals surface area contributed by atoms with Gasteiger partial charge < -0.3 is 9.72 Å². The summed E-state index contributed by atoms with van der Waals surface area (Å²) in [4.78, 5) is 15.2. The number of hydrogen-bond donors (Lipinski definition) is 1. The van der Waals surface area contributed by atoms with Crippen LogP contribution >= 0.6 is 0 Å². The van der Waals surface area contributed by atoms with Gasteiger partial charge in [0, 0.05) is 5.52 Å². The summed E-state index contributed by atoms with van der Waals surface area (Å²) in [6, 6.07) is 10.1. The van der Waals surface area contributed by atoms with Crippen LogP contribution in [0.4, 0.5) is 0 Å². The molecule has 0 bridgehead atoms. The minimum Gasteiger partial charge on any atom is -0.459 e. The van der Waals surface area contributed by atoms with Crippen molar-refractivity contribution >= 4 is 16.9 Å². The van der Waals surface area contributed by atoms with E-state index < -0.39 is 0 Å². The fourth-order valence-corrected chi connectivity index (χ4v) is 2.49. The summed E-state index contributed by atoms with van der Waals surface area (Å²) < 4.78 is 5.39. The van der Waals surface area contributed by atoms with E-state index in [1.807, 2.05) is 37.3 Å². The molecule has 3 nitrogen and oxygen atoms in total. The Bertz CT molecular complexity index is 606. The van der Waals surface area contributed by atoms with E-state index in [-0.39, 0.29) is 11.9 Å². The van der Waals surface area contributed by atoms with E-state index in [9.17, 15) is 4.79 Å². The molecule has 0 aliphatic carbocycles. The van der Waals surface area contributed by atoms with Crippen molar-refractivity contribution < 1.29 is 9.53 Å². The predicted molar refractivity (Wildman–Crippen MR) is 85.9 cm³/mol. The van der Waals surface area contributed by atoms with E-state index in [0.29, 0.717) is 13.0 Å². The summed E-state index contributed by atoms with van der Waals surface area (Å²) in [5, 5.41) is 1.14. The third-order valence-corrected chi connectivity index (χ3v) is 3.98. The molecule has 0 saturated heterocycles. The molecule has 2 aromatic rings. The van der Waals surface area contributed by atoms with Gasteiger partial charge in [-0.25, -0.2) is 0 Å². The SMILES string of the molecule is C/C=C(/C)[C@@H](CC)CC(=O)OCc1cc2ccccc2[nH]1. The summed E-state index contributed by atoms with van der Waals surface area (Å²) in [5.74, 6) is 0.145. The fraction of sp³-hybridized carbons (Fsp3) is 0.389. The Morgan fingerprint density at radius 1 is 1.38 bits per heavy atom. The topological polar surface area (TPSA) is 42.1 Å². The second kappa shape index (κ2) is 7.11. The second-order valence-electron chi connectivity index (χ2n) is 5.38. The summed E-state index contributed by atoms with van der Waals surface area (Å²) in [6.45, 7) is 6.48. The van der Waals surface area contributed by atoms with Gasteiger partial charge in [-0.1, -0.05) is 36.8 Å². The molecular weight excluding hydrogens is 262 g/mol. The van der Waals surface area contributed by atoms with Crippen LogP contribution in [0.5, 0.6) is 0 Å². The van der Waals surface area contributed by atoms with E-state index in [2.05, 4.69) is 24.9 Å². The van der Waals surface area contributed by atoms with Gasteiger partial charge in [0.25, 0.3) is 0 Å². The van der Waals surface area contributed by atoms with Crippen molar-refractivity contribution in [2.75, 3.05) is 0 Å². The molecular formula is C18H23NO2. The standard InChI is InChI=1S/C18H23NO2/c1-4-13(3)14(5-2)11-18(20)21-12-16-10-15-8-6-7-9-17(15)19-16/h4,6-10,14,19H,5,11-12H2,1-3H3/b13-4-/t14-/m0/s1. The average Bonchev–Trinajstić information content (AvgIpc) is 2.92. The summed E-state index contributed by atoms with van der Waals surface area (Å²) in [7, 11) is 0. The number of nitrogens with one attached hydrogen (secondary N) is 1. The maximum Gasteiger partial charge on any atom is 0.306 e. The van der Waals surface area contributed by atoms with Crippen molar-refractivity contribution in [1.82, 2.24) is 4.98 Å². The third-order valence-electron chi connectivity index (χ3n) is 3.98. The van der Waals surface area contributed by atoms with E-state index >= 15 is 0 Å². The van der Waals surface area contributed by atoms with E-state index in [4.69, 9.17) is 4.74 Å². The van der Waals surface area contributed by atoms with Crippen molar-refractivity contribution in [3.05, 3.63) is 47.7 Å². The van der Waals surface area contributed by atoms with Gasteiger partial charge in [-0.2, -0.15) is 0 Å². The number of aromatic nitrogens is 1. The van der Waals surface area contributed by atoms with Gasteiger partial charge in [0.05, 0.1) is 12.1 Å². The number of benzene rings is 1. The molecule has 0 radical (unpaired) electrons. The number of allylic oxidation sites excluding steroid dienone is 2. The van der Waals surface area contributed by atoms with Crippen LogP contribution in [0.3, 0.4) is 0 Å². The lowest BCUT2D eigenvalue weighted by atomic mass is 9.94. The van der Waals surface area contributed by atoms with Gasteiger partial charge in [-0.15, -0.1) is 0 Å². The molecule has 1 atom stereocenters. The molecule has 3 heteroatoms. The number of H-pyrrole nitrogens is 1. The molecule has 0 fully saturated rings. The highest BCUT2D eigenvalue weighted by atomic mass is 16.5. The first-order chi connectivity index (χ1) is 10.1. The lowest BCUT2D eigenvalue weighted by molar-refractivity contribution is -0.145. The Hall–Kier alpha value is -2.03. The van der Waals surface area contributed by atoms with Crippen LogP contribution in [0.25, 0.3) is 10.9 Å². The van der Waals surface area contributed by atoms with Gasteiger partial charge in [0.15, 0.2) is 0 Å². The minimum atomic E-state index is -0.137. The summed E-state index contributed by atoms with van der Waals surface area (Å²) in [5.41, 5.74) is 3.25. The molecule has 1 aromatic carbocycles. The zero-order chi connectivity index (χ0) is 15.2. The molecule has 21 heavy (non-hydrogen) atoms. The molecule has 0 unspecified atom stereocenters. The first-order valence-corrected chi connectivity index (χ1v) is 7.49. The molecule has 2 rings (SSSR count). The van der Waals surface area contributed by atoms with Crippen LogP contribution in [-0.2, 0) is 16.1 Å². The first-order valence-electron chi connectivity index (χ1n) is 7.49. The first kappa shape index (κ1) is 15.4. The Morgan fingerprint density at radius 3 is 2.81 bits per heavy atom. The number of para-hydroxylation sites is 1. The molecule has 1 N–H and O–H groups in total. The lowest BCUT2D eigenvalue weighted by Gasteiger charge is -2.14. The average molecular weight is 285 g/mol. The second-order valence-corrected chi connectivity index (χ2v) is 5.38. The van der Waals surface area contributed by atoms with Gasteiger partial charge in [-0.05, 0) is 43.7 Å². The molecule has 1 aromatic heterocycles. The summed E-state index contributed by atoms with van der Waals surface area (Å²) >= 11 is 0. The smallest absolute Gasteiger partial charge is 0.306 e. The van der Waals surface area contributed by atoms with Crippen molar-refractivity contribution in [3.63, 3.8) is 0 Å². The Kier molecular flexibility index (Phi) is 5.20. The number of aromatic amines is 1. The van der Waals surface area contributed by atoms with Crippen molar-refractivity contribution in [1.29, 1.82) is 0 Å². The lowest BCUT2D eigenvalue weighted by Crippen LogP contribution is -2.12. The molecule has 112 valence electrons. The maximum absolute atomic E-state index is 12.0. The highest BCUT2D eigenvalue weighted by molar-refractivity contribution is 5.80. The number of fused-ring (bicyclic) bond motifs is 1. The van der Waals surface area contributed by atoms with Crippen molar-refractivity contribution in [2.24, 2.45) is 5.92 Å². The van der Waals surface area contributed by atoms with E-state index in [1.165, 1.54) is 5.57 Å². The third kappa shape index (κ3) is 3.97. The number of carbonyl (C=O) groups excluding carboxylic acids is 1. The van der Waals surface area contributed by atoms with Gasteiger partial charge in [0.2, 0.25) is 0 Å². The quantitative estimate of drug-likeness (QED) is 0.623. The number of esters is 1. The normalized spacial score (nSPS) is 13.4. The van der Waals surface area contributed by atoms with Crippen molar-refractivity contribution in [3.8, 4) is 0 Å². The molecule has 0 aliphatic rings. The number of hydrogen-bond acceptors (Lipinski definition) is 2. The van der Waals surface area contributed by atoms with Crippen LogP contribution in [0, 0.1) is 5.92 Å². The van der Waals surface area contributed by atoms with Crippen LogP contribution < -0.4 is 0 Å². The van der Waals surface area contributed by atoms with Gasteiger partial charge >= 0.3 is 5.97 Å². The van der Waals surface area contributed by atoms with Gasteiger partial charge in [0.1, 0.15) is 6.61 Å². The molecule has 0 spiro atoms. The van der Waals surface area contributed by atoms with E-state index in [0.717, 1.165) is 23.0 Å². The number of carbonyl (C=O) groups is 1. The number of rotatable bonds is 6. The molecule has 0 aliphatic heterocycles. The van der Waals surface area contributed by atoms with Crippen LogP contribution in [0.15, 0.2) is 42.0 Å². The molecule has 0 amide bonds. The Labute approximate surface area is 126 Å². The summed E-state index contributed by atoms with van der Waals surface area (Å²) in [6.07, 6.45) is 3.48. The largest absolute Gasteiger partial charge is 0.459 e. The van der Waals surface area contributed by atoms with E-state index in [1.54, 1.807) is 0 Å². The van der Waals surface area contributed by atoms with Crippen LogP contribution in [0.1, 0.15) is 39.3 Å². The van der Waals surface area contributed by atoms with Gasteiger partial charge in [-0.3, -0.25) is 4.79 Å². The highest BCUT2D eigenvalue weighted by Gasteiger charge is 2.14. The zero-order valence-corrected chi connectivity index (χ0v) is 13.0. The monoisotopic (exact) mass is 285 g/mol. The highest BCUT2D eigenvalue weighted by Crippen LogP contribution is 2.20. The zero-order valence-electron chi connectivity index (χ0n) is 13.0. The fourth-order valence-electron chi connectivity index (χ4n) is 2.49. The Morgan fingerprint density at radius 2 is 2.14 bits per heavy atom. The van der Waals surface area contributed by atoms with Crippen molar-refractivity contribution in [2.45, 2.75) is 40.2 Å².